The summed E-state index contributed by atoms with van der Waals surface area (Å²) in [6.45, 7) is 0. The number of hydrogen-bond donors (Lipinski definition) is 2. The number of rotatable bonds is 7. The zero-order valence-electron chi connectivity index (χ0n) is 12.8. The van der Waals surface area contributed by atoms with Crippen LogP contribution >= 0.6 is 11.8 Å². The largest absolute Gasteiger partial charge is 0.381 e. The van der Waals surface area contributed by atoms with E-state index in [1.807, 2.05) is 30.0 Å². The molecule has 114 valence electrons. The molecule has 2 N–H and O–H groups in total. The van der Waals surface area contributed by atoms with Crippen molar-refractivity contribution in [1.82, 2.24) is 10.4 Å². The Hall–Kier alpha value is -1.39. The zero-order chi connectivity index (χ0) is 15.1. The Morgan fingerprint density at radius 2 is 2.05 bits per heavy atom. The van der Waals surface area contributed by atoms with Crippen molar-refractivity contribution in [2.75, 3.05) is 19.8 Å². The van der Waals surface area contributed by atoms with Gasteiger partial charge in [0.2, 0.25) is 0 Å². The molecule has 1 saturated carbocycles. The van der Waals surface area contributed by atoms with E-state index in [1.54, 1.807) is 0 Å². The molecule has 0 atom stereocenters. The van der Waals surface area contributed by atoms with E-state index in [4.69, 9.17) is 5.21 Å². The standard InChI is InChI=1S/C17H24N2OS/c1-19(2)15-9-11-16(12-10-15)21-13-5-3-4-6-17(18-20)14-7-8-14/h3-6,9,11,18,20H,7-8,10,12-13H2,1-2H3/b5-3+,6-4+. The molecule has 1 fully saturated rings. The quantitative estimate of drug-likeness (QED) is 0.551. The molecule has 0 saturated heterocycles. The maximum absolute atomic E-state index is 8.97. The summed E-state index contributed by atoms with van der Waals surface area (Å²) in [5.74, 6) is 0.986. The molecule has 0 heterocycles. The van der Waals surface area contributed by atoms with Crippen LogP contribution in [0, 0.1) is 0 Å². The molecule has 2 aliphatic carbocycles. The smallest absolute Gasteiger partial charge is 0.0594 e. The maximum Gasteiger partial charge on any atom is 0.0594 e. The van der Waals surface area contributed by atoms with Crippen LogP contribution in [-0.2, 0) is 0 Å². The molecule has 0 amide bonds. The van der Waals surface area contributed by atoms with Gasteiger partial charge in [-0.25, -0.2) is 0 Å². The average Bonchev–Trinajstić information content (AvgIpc) is 3.31. The van der Waals surface area contributed by atoms with Crippen molar-refractivity contribution in [2.24, 2.45) is 0 Å². The molecule has 3 nitrogen and oxygen atoms in total. The SMILES string of the molecule is CN(C)C1=CC=C(SC/C=C/C=C/C(NO)=C2CC2)CC1. The molecule has 0 aromatic carbocycles. The molecular weight excluding hydrogens is 280 g/mol. The normalized spacial score (nSPS) is 18.0. The highest BCUT2D eigenvalue weighted by molar-refractivity contribution is 8.03. The lowest BCUT2D eigenvalue weighted by atomic mass is 10.1. The summed E-state index contributed by atoms with van der Waals surface area (Å²) in [7, 11) is 4.19. The summed E-state index contributed by atoms with van der Waals surface area (Å²) >= 11 is 1.89. The maximum atomic E-state index is 8.97. The van der Waals surface area contributed by atoms with Crippen molar-refractivity contribution in [2.45, 2.75) is 25.7 Å². The number of nitrogens with zero attached hydrogens (tertiary/aromatic N) is 1. The highest BCUT2D eigenvalue weighted by Crippen LogP contribution is 2.30. The van der Waals surface area contributed by atoms with Crippen LogP contribution < -0.4 is 5.48 Å². The fraction of sp³-hybridized carbons (Fsp3) is 0.412. The molecule has 0 aliphatic heterocycles. The Labute approximate surface area is 131 Å². The third-order valence-corrected chi connectivity index (χ3v) is 4.61. The summed E-state index contributed by atoms with van der Waals surface area (Å²) < 4.78 is 0. The van der Waals surface area contributed by atoms with Crippen LogP contribution in [0.2, 0.25) is 0 Å². The first kappa shape index (κ1) is 16.0. The van der Waals surface area contributed by atoms with Gasteiger partial charge in [-0.15, -0.1) is 11.8 Å². The third-order valence-electron chi connectivity index (χ3n) is 3.54. The molecular formula is C17H24N2OS. The van der Waals surface area contributed by atoms with Gasteiger partial charge in [0.05, 0.1) is 5.70 Å². The van der Waals surface area contributed by atoms with E-state index in [9.17, 15) is 0 Å². The monoisotopic (exact) mass is 304 g/mol. The van der Waals surface area contributed by atoms with Crippen molar-refractivity contribution in [1.29, 1.82) is 0 Å². The number of allylic oxidation sites excluding steroid dienone is 8. The molecule has 2 aliphatic rings. The van der Waals surface area contributed by atoms with Gasteiger partial charge in [-0.1, -0.05) is 24.3 Å². The number of thioether (sulfide) groups is 1. The van der Waals surface area contributed by atoms with Gasteiger partial charge >= 0.3 is 0 Å². The van der Waals surface area contributed by atoms with Crippen LogP contribution in [0.15, 0.2) is 58.3 Å². The van der Waals surface area contributed by atoms with E-state index in [2.05, 4.69) is 42.7 Å². The van der Waals surface area contributed by atoms with Crippen molar-refractivity contribution < 1.29 is 5.21 Å². The minimum absolute atomic E-state index is 0.851. The number of hydrogen-bond acceptors (Lipinski definition) is 4. The zero-order valence-corrected chi connectivity index (χ0v) is 13.6. The van der Waals surface area contributed by atoms with Crippen molar-refractivity contribution in [3.8, 4) is 0 Å². The van der Waals surface area contributed by atoms with Crippen LogP contribution in [0.3, 0.4) is 0 Å². The fourth-order valence-electron chi connectivity index (χ4n) is 2.11. The molecule has 0 spiro atoms. The predicted octanol–water partition coefficient (Wildman–Crippen LogP) is 3.98. The second-order valence-electron chi connectivity index (χ2n) is 5.41. The van der Waals surface area contributed by atoms with Crippen LogP contribution in [0.1, 0.15) is 25.7 Å². The van der Waals surface area contributed by atoms with Gasteiger partial charge in [0.25, 0.3) is 0 Å². The molecule has 0 bridgehead atoms. The number of nitrogens with one attached hydrogen (secondary N) is 1. The van der Waals surface area contributed by atoms with Gasteiger partial charge in [-0.2, -0.15) is 0 Å². The van der Waals surface area contributed by atoms with E-state index >= 15 is 0 Å². The lowest BCUT2D eigenvalue weighted by molar-refractivity contribution is 0.204. The van der Waals surface area contributed by atoms with Gasteiger partial charge in [-0.3, -0.25) is 10.7 Å². The molecule has 0 aromatic rings. The van der Waals surface area contributed by atoms with Gasteiger partial charge < -0.3 is 4.90 Å². The van der Waals surface area contributed by atoms with Crippen LogP contribution in [0.25, 0.3) is 0 Å². The lowest BCUT2D eigenvalue weighted by Gasteiger charge is -2.20. The average molecular weight is 304 g/mol. The van der Waals surface area contributed by atoms with Crippen molar-refractivity contribution in [3.05, 3.63) is 58.3 Å². The molecule has 0 radical (unpaired) electrons. The van der Waals surface area contributed by atoms with E-state index in [-0.39, 0.29) is 0 Å². The van der Waals surface area contributed by atoms with E-state index < -0.39 is 0 Å². The minimum atomic E-state index is 0.851. The van der Waals surface area contributed by atoms with Gasteiger partial charge in [0.15, 0.2) is 0 Å². The van der Waals surface area contributed by atoms with Gasteiger partial charge in [-0.05, 0) is 48.3 Å². The molecule has 0 aromatic heterocycles. The summed E-state index contributed by atoms with van der Waals surface area (Å²) in [6, 6.07) is 0. The first-order chi connectivity index (χ1) is 10.2. The van der Waals surface area contributed by atoms with Gasteiger partial charge in [0, 0.05) is 25.5 Å². The van der Waals surface area contributed by atoms with Crippen molar-refractivity contribution in [3.63, 3.8) is 0 Å². The molecule has 0 unspecified atom stereocenters. The Kier molecular flexibility index (Phi) is 6.21. The van der Waals surface area contributed by atoms with Crippen LogP contribution in [-0.4, -0.2) is 30.0 Å². The Balaban J connectivity index is 1.71. The number of hydroxylamine groups is 1. The highest BCUT2D eigenvalue weighted by Gasteiger charge is 2.15. The predicted molar refractivity (Wildman–Crippen MR) is 91.0 cm³/mol. The minimum Gasteiger partial charge on any atom is -0.381 e. The second-order valence-corrected chi connectivity index (χ2v) is 6.56. The molecule has 21 heavy (non-hydrogen) atoms. The first-order valence-corrected chi connectivity index (χ1v) is 8.34. The van der Waals surface area contributed by atoms with E-state index in [1.165, 1.54) is 16.2 Å². The highest BCUT2D eigenvalue weighted by atomic mass is 32.2. The molecule has 2 rings (SSSR count). The van der Waals surface area contributed by atoms with Gasteiger partial charge in [0.1, 0.15) is 0 Å². The summed E-state index contributed by atoms with van der Waals surface area (Å²) in [4.78, 5) is 3.64. The summed E-state index contributed by atoms with van der Waals surface area (Å²) in [6.07, 6.45) is 17.0. The Bertz CT molecular complexity index is 507. The Morgan fingerprint density at radius 1 is 1.24 bits per heavy atom. The first-order valence-electron chi connectivity index (χ1n) is 7.36. The third kappa shape index (κ3) is 5.48. The van der Waals surface area contributed by atoms with E-state index in [0.29, 0.717) is 0 Å². The summed E-state index contributed by atoms with van der Waals surface area (Å²) in [5.41, 5.74) is 5.80. The lowest BCUT2D eigenvalue weighted by Crippen LogP contribution is -2.12. The Morgan fingerprint density at radius 3 is 2.62 bits per heavy atom. The van der Waals surface area contributed by atoms with E-state index in [0.717, 1.165) is 37.1 Å². The molecule has 4 heteroatoms. The van der Waals surface area contributed by atoms with Crippen LogP contribution in [0.4, 0.5) is 0 Å². The second kappa shape index (κ2) is 8.15. The fourth-order valence-corrected chi connectivity index (χ4v) is 2.94. The van der Waals surface area contributed by atoms with Crippen molar-refractivity contribution >= 4 is 11.8 Å². The van der Waals surface area contributed by atoms with Crippen LogP contribution in [0.5, 0.6) is 0 Å². The topological polar surface area (TPSA) is 35.5 Å². The summed E-state index contributed by atoms with van der Waals surface area (Å²) in [5, 5.41) is 8.97.